The van der Waals surface area contributed by atoms with E-state index in [0.717, 1.165) is 31.4 Å². The van der Waals surface area contributed by atoms with Crippen molar-refractivity contribution in [1.29, 1.82) is 0 Å². The maximum Gasteiger partial charge on any atom is 0.339 e. The molecule has 1 spiro atoms. The van der Waals surface area contributed by atoms with E-state index < -0.39 is 34.4 Å². The first-order valence-electron chi connectivity index (χ1n) is 11.0. The summed E-state index contributed by atoms with van der Waals surface area (Å²) in [5, 5.41) is 31.7. The zero-order valence-corrected chi connectivity index (χ0v) is 18.1. The maximum atomic E-state index is 13.1. The number of benzene rings is 1. The van der Waals surface area contributed by atoms with Gasteiger partial charge in [0.05, 0.1) is 11.7 Å². The SMILES string of the molecule is CC12C[C@@]34C=CC(=O)[C@@](C)(CCC(=O)Nc5c(O)ccc(C(=O)O)c5O)[C@@H]3[C@H](CC1C4)O2. The minimum atomic E-state index is -1.38. The van der Waals surface area contributed by atoms with Gasteiger partial charge in [-0.3, -0.25) is 9.59 Å². The molecule has 6 rings (SSSR count). The Kier molecular flexibility index (Phi) is 4.31. The smallest absolute Gasteiger partial charge is 0.339 e. The molecule has 6 atom stereocenters. The lowest BCUT2D eigenvalue weighted by atomic mass is 9.51. The van der Waals surface area contributed by atoms with Crippen LogP contribution in [0.3, 0.4) is 0 Å². The number of ketones is 1. The van der Waals surface area contributed by atoms with Crippen molar-refractivity contribution in [1.82, 2.24) is 0 Å². The highest BCUT2D eigenvalue weighted by atomic mass is 16.5. The van der Waals surface area contributed by atoms with Gasteiger partial charge in [0.2, 0.25) is 5.91 Å². The molecule has 4 bridgehead atoms. The van der Waals surface area contributed by atoms with Gasteiger partial charge in [-0.1, -0.05) is 13.0 Å². The molecule has 2 saturated carbocycles. The first kappa shape index (κ1) is 21.0. The summed E-state index contributed by atoms with van der Waals surface area (Å²) in [6.45, 7) is 4.08. The third-order valence-electron chi connectivity index (χ3n) is 8.44. The van der Waals surface area contributed by atoms with E-state index in [-0.39, 0.29) is 47.4 Å². The summed E-state index contributed by atoms with van der Waals surface area (Å²) >= 11 is 0. The van der Waals surface area contributed by atoms with E-state index in [2.05, 4.69) is 18.3 Å². The molecule has 5 aliphatic rings. The van der Waals surface area contributed by atoms with Crippen LogP contribution < -0.4 is 5.32 Å². The number of aromatic hydroxyl groups is 2. The van der Waals surface area contributed by atoms with Crippen molar-refractivity contribution in [3.05, 3.63) is 29.8 Å². The van der Waals surface area contributed by atoms with Crippen molar-refractivity contribution < 1.29 is 34.4 Å². The highest BCUT2D eigenvalue weighted by Crippen LogP contribution is 2.71. The van der Waals surface area contributed by atoms with Crippen LogP contribution >= 0.6 is 0 Å². The first-order chi connectivity index (χ1) is 15.0. The van der Waals surface area contributed by atoms with Gasteiger partial charge in [-0.05, 0) is 62.1 Å². The van der Waals surface area contributed by atoms with Gasteiger partial charge < -0.3 is 25.4 Å². The average Bonchev–Trinajstić information content (AvgIpc) is 3.08. The molecule has 1 aromatic carbocycles. The van der Waals surface area contributed by atoms with Gasteiger partial charge >= 0.3 is 5.97 Å². The molecular weight excluding hydrogens is 414 g/mol. The van der Waals surface area contributed by atoms with E-state index in [9.17, 15) is 24.6 Å². The first-order valence-corrected chi connectivity index (χ1v) is 11.0. The molecule has 1 aromatic rings. The fourth-order valence-electron chi connectivity index (χ4n) is 7.09. The van der Waals surface area contributed by atoms with Crippen molar-refractivity contribution in [2.45, 2.75) is 57.7 Å². The van der Waals surface area contributed by atoms with E-state index in [1.807, 2.05) is 6.92 Å². The van der Waals surface area contributed by atoms with Gasteiger partial charge in [-0.15, -0.1) is 0 Å². The molecule has 0 aromatic heterocycles. The number of hydrogen-bond donors (Lipinski definition) is 4. The lowest BCUT2D eigenvalue weighted by Gasteiger charge is -2.55. The number of phenols is 2. The lowest BCUT2D eigenvalue weighted by Crippen LogP contribution is -2.56. The Hall–Kier alpha value is -2.87. The molecule has 1 amide bonds. The Morgan fingerprint density at radius 3 is 2.69 bits per heavy atom. The zero-order chi connectivity index (χ0) is 23.1. The number of allylic oxidation sites excluding steroid dienone is 2. The average molecular weight is 441 g/mol. The van der Waals surface area contributed by atoms with Crippen LogP contribution in [0, 0.1) is 22.7 Å². The molecule has 8 heteroatoms. The molecule has 3 aliphatic carbocycles. The van der Waals surface area contributed by atoms with Gasteiger partial charge in [0, 0.05) is 17.8 Å². The monoisotopic (exact) mass is 441 g/mol. The maximum absolute atomic E-state index is 13.1. The van der Waals surface area contributed by atoms with Crippen molar-refractivity contribution in [2.75, 3.05) is 5.32 Å². The Bertz CT molecular complexity index is 1080. The number of ether oxygens (including phenoxy) is 1. The predicted molar refractivity (Wildman–Crippen MR) is 113 cm³/mol. The minimum absolute atomic E-state index is 0.00395. The highest BCUT2D eigenvalue weighted by molar-refractivity contribution is 6.00. The third kappa shape index (κ3) is 2.75. The fourth-order valence-corrected chi connectivity index (χ4v) is 7.09. The lowest BCUT2D eigenvalue weighted by molar-refractivity contribution is -0.169. The van der Waals surface area contributed by atoms with Gasteiger partial charge in [0.25, 0.3) is 0 Å². The van der Waals surface area contributed by atoms with Gasteiger partial charge in [0.15, 0.2) is 11.5 Å². The molecule has 32 heavy (non-hydrogen) atoms. The quantitative estimate of drug-likeness (QED) is 0.516. The molecule has 2 heterocycles. The van der Waals surface area contributed by atoms with Crippen molar-refractivity contribution in [2.24, 2.45) is 22.7 Å². The number of rotatable bonds is 5. The molecule has 8 nitrogen and oxygen atoms in total. The van der Waals surface area contributed by atoms with Crippen LogP contribution in [-0.2, 0) is 14.3 Å². The fraction of sp³-hybridized carbons (Fsp3) is 0.542. The Morgan fingerprint density at radius 2 is 2.00 bits per heavy atom. The number of phenolic OH excluding ortho intramolecular Hbond substituents is 1. The summed E-state index contributed by atoms with van der Waals surface area (Å²) < 4.78 is 6.41. The molecule has 2 unspecified atom stereocenters. The number of amides is 1. The van der Waals surface area contributed by atoms with Crippen molar-refractivity contribution in [3.63, 3.8) is 0 Å². The Labute approximate surface area is 185 Å². The molecule has 170 valence electrons. The molecular formula is C24H27NO7. The van der Waals surface area contributed by atoms with Crippen LogP contribution in [0.15, 0.2) is 24.3 Å². The number of hydrogen-bond acceptors (Lipinski definition) is 6. The Balaban J connectivity index is 1.36. The second-order valence-electron chi connectivity index (χ2n) is 10.3. The van der Waals surface area contributed by atoms with Crippen molar-refractivity contribution >= 4 is 23.3 Å². The predicted octanol–water partition coefficient (Wildman–Crippen LogP) is 3.23. The largest absolute Gasteiger partial charge is 0.506 e. The third-order valence-corrected chi connectivity index (χ3v) is 8.44. The summed E-state index contributed by atoms with van der Waals surface area (Å²) in [5.41, 5.74) is -1.75. The number of anilines is 1. The number of carbonyl (C=O) groups excluding carboxylic acids is 2. The van der Waals surface area contributed by atoms with E-state index >= 15 is 0 Å². The topological polar surface area (TPSA) is 133 Å². The molecule has 2 saturated heterocycles. The van der Waals surface area contributed by atoms with Crippen LogP contribution in [0.25, 0.3) is 0 Å². The van der Waals surface area contributed by atoms with Crippen LogP contribution in [0.4, 0.5) is 5.69 Å². The van der Waals surface area contributed by atoms with Crippen LogP contribution in [0.5, 0.6) is 11.5 Å². The number of nitrogens with one attached hydrogen (secondary N) is 1. The van der Waals surface area contributed by atoms with E-state index in [4.69, 9.17) is 9.84 Å². The number of aromatic carboxylic acids is 1. The van der Waals surface area contributed by atoms with E-state index in [0.29, 0.717) is 5.92 Å². The summed E-state index contributed by atoms with van der Waals surface area (Å²) in [6.07, 6.45) is 6.86. The highest BCUT2D eigenvalue weighted by Gasteiger charge is 2.71. The second kappa shape index (κ2) is 6.57. The zero-order valence-electron chi connectivity index (χ0n) is 18.1. The summed E-state index contributed by atoms with van der Waals surface area (Å²) in [5.74, 6) is -2.55. The van der Waals surface area contributed by atoms with Crippen molar-refractivity contribution in [3.8, 4) is 11.5 Å². The van der Waals surface area contributed by atoms with Gasteiger partial charge in [0.1, 0.15) is 17.0 Å². The normalized spacial score (nSPS) is 38.7. The Morgan fingerprint density at radius 1 is 1.25 bits per heavy atom. The molecule has 2 aliphatic heterocycles. The summed E-state index contributed by atoms with van der Waals surface area (Å²) in [6, 6.07) is 2.16. The van der Waals surface area contributed by atoms with E-state index in [1.54, 1.807) is 6.08 Å². The molecule has 4 fully saturated rings. The summed E-state index contributed by atoms with van der Waals surface area (Å²) in [7, 11) is 0. The standard InChI is InChI=1S/C24H27NO7/c1-22(7-6-17(28)25-18-14(26)4-3-13(19(18)29)21(30)31)16(27)5-8-24-10-12-9-15(20(22)24)32-23(12,2)11-24/h3-5,8,12,15,20,26,29H,6-7,9-11H2,1-2H3,(H,25,28)(H,30,31)/t12?,15-,20-,22+,23?,24-/m0/s1. The van der Waals surface area contributed by atoms with Crippen LogP contribution in [0.2, 0.25) is 0 Å². The van der Waals surface area contributed by atoms with Crippen LogP contribution in [0.1, 0.15) is 56.3 Å². The second-order valence-corrected chi connectivity index (χ2v) is 10.3. The summed E-state index contributed by atoms with van der Waals surface area (Å²) in [4.78, 5) is 37.0. The number of carboxylic acid groups (broad SMARTS) is 1. The number of carbonyl (C=O) groups is 3. The van der Waals surface area contributed by atoms with Gasteiger partial charge in [-0.25, -0.2) is 4.79 Å². The molecule has 4 N–H and O–H groups in total. The molecule has 0 radical (unpaired) electrons. The van der Waals surface area contributed by atoms with Gasteiger partial charge in [-0.2, -0.15) is 0 Å². The van der Waals surface area contributed by atoms with Crippen LogP contribution in [-0.4, -0.2) is 44.7 Å². The van der Waals surface area contributed by atoms with E-state index in [1.165, 1.54) is 0 Å². The minimum Gasteiger partial charge on any atom is -0.506 e. The number of carboxylic acids is 1.